The maximum Gasteiger partial charge on any atom is 0.00967 e. The maximum absolute atomic E-state index is 3.66. The van der Waals surface area contributed by atoms with Crippen molar-refractivity contribution >= 4 is 0 Å². The van der Waals surface area contributed by atoms with E-state index >= 15 is 0 Å². The molecule has 108 valence electrons. The highest BCUT2D eigenvalue weighted by Crippen LogP contribution is 2.30. The van der Waals surface area contributed by atoms with E-state index in [0.29, 0.717) is 5.41 Å². The summed E-state index contributed by atoms with van der Waals surface area (Å²) in [6, 6.07) is 1.58. The average Bonchev–Trinajstić information content (AvgIpc) is 2.56. The predicted octanol–water partition coefficient (Wildman–Crippen LogP) is 3.66. The molecule has 0 radical (unpaired) electrons. The van der Waals surface area contributed by atoms with Gasteiger partial charge in [-0.1, -0.05) is 20.8 Å². The Labute approximate surface area is 115 Å². The van der Waals surface area contributed by atoms with E-state index in [1.54, 1.807) is 0 Å². The molecule has 0 aliphatic carbocycles. The molecule has 1 saturated heterocycles. The monoisotopic (exact) mass is 254 g/mol. The van der Waals surface area contributed by atoms with Gasteiger partial charge < -0.3 is 5.32 Å². The Hall–Kier alpha value is -0.0800. The van der Waals surface area contributed by atoms with E-state index in [1.165, 1.54) is 25.8 Å². The first kappa shape index (κ1) is 16.0. The van der Waals surface area contributed by atoms with Crippen LogP contribution in [0.4, 0.5) is 0 Å². The first-order valence-electron chi connectivity index (χ1n) is 7.65. The van der Waals surface area contributed by atoms with Crippen LogP contribution in [0, 0.1) is 5.41 Å². The van der Waals surface area contributed by atoms with E-state index in [0.717, 1.165) is 18.6 Å². The third kappa shape index (κ3) is 4.89. The van der Waals surface area contributed by atoms with E-state index in [1.807, 2.05) is 0 Å². The molecule has 1 aliphatic heterocycles. The molecule has 0 aromatic rings. The summed E-state index contributed by atoms with van der Waals surface area (Å²) in [5.74, 6) is 0. The lowest BCUT2D eigenvalue weighted by molar-refractivity contribution is 0.121. The van der Waals surface area contributed by atoms with Gasteiger partial charge in [0.1, 0.15) is 0 Å². The molecule has 0 saturated carbocycles. The van der Waals surface area contributed by atoms with Crippen molar-refractivity contribution in [2.45, 2.75) is 85.4 Å². The Morgan fingerprint density at radius 3 is 2.22 bits per heavy atom. The average molecular weight is 254 g/mol. The second-order valence-electron chi connectivity index (χ2n) is 7.93. The molecule has 0 aromatic heterocycles. The molecule has 0 aromatic carbocycles. The zero-order chi connectivity index (χ0) is 14.0. The first-order valence-corrected chi connectivity index (χ1v) is 7.65. The summed E-state index contributed by atoms with van der Waals surface area (Å²) >= 11 is 0. The van der Waals surface area contributed by atoms with Gasteiger partial charge in [-0.3, -0.25) is 4.90 Å². The van der Waals surface area contributed by atoms with Crippen LogP contribution in [0.25, 0.3) is 0 Å². The number of rotatable bonds is 5. The number of hydrogen-bond donors (Lipinski definition) is 1. The van der Waals surface area contributed by atoms with Gasteiger partial charge in [0, 0.05) is 30.7 Å². The molecule has 2 unspecified atom stereocenters. The van der Waals surface area contributed by atoms with Crippen molar-refractivity contribution < 1.29 is 0 Å². The molecular formula is C16H34N2. The Bertz CT molecular complexity index is 252. The van der Waals surface area contributed by atoms with Gasteiger partial charge in [-0.05, 0) is 52.4 Å². The largest absolute Gasteiger partial charge is 0.311 e. The van der Waals surface area contributed by atoms with Crippen LogP contribution in [0.15, 0.2) is 0 Å². The highest BCUT2D eigenvalue weighted by molar-refractivity contribution is 4.89. The molecule has 2 heteroatoms. The van der Waals surface area contributed by atoms with E-state index < -0.39 is 0 Å². The van der Waals surface area contributed by atoms with E-state index in [4.69, 9.17) is 0 Å². The fraction of sp³-hybridized carbons (Fsp3) is 1.00. The van der Waals surface area contributed by atoms with Crippen molar-refractivity contribution in [3.63, 3.8) is 0 Å². The molecule has 1 rings (SSSR count). The summed E-state index contributed by atoms with van der Waals surface area (Å²) in [4.78, 5) is 2.74. The van der Waals surface area contributed by atoms with Crippen molar-refractivity contribution in [3.8, 4) is 0 Å². The van der Waals surface area contributed by atoms with Gasteiger partial charge in [-0.25, -0.2) is 0 Å². The zero-order valence-electron chi connectivity index (χ0n) is 13.6. The first-order chi connectivity index (χ1) is 8.14. The maximum atomic E-state index is 3.66. The molecule has 1 aliphatic rings. The molecule has 1 heterocycles. The van der Waals surface area contributed by atoms with Gasteiger partial charge in [0.25, 0.3) is 0 Å². The van der Waals surface area contributed by atoms with Crippen LogP contribution in [-0.4, -0.2) is 35.6 Å². The molecule has 1 fully saturated rings. The van der Waals surface area contributed by atoms with Gasteiger partial charge in [0.05, 0.1) is 0 Å². The van der Waals surface area contributed by atoms with Crippen LogP contribution in [0.3, 0.4) is 0 Å². The molecule has 2 atom stereocenters. The lowest BCUT2D eigenvalue weighted by Gasteiger charge is -2.38. The van der Waals surface area contributed by atoms with Crippen molar-refractivity contribution in [1.82, 2.24) is 10.2 Å². The van der Waals surface area contributed by atoms with E-state index in [2.05, 4.69) is 58.7 Å². The van der Waals surface area contributed by atoms with Crippen molar-refractivity contribution in [2.75, 3.05) is 13.1 Å². The Balaban J connectivity index is 2.53. The second-order valence-corrected chi connectivity index (χ2v) is 7.93. The summed E-state index contributed by atoms with van der Waals surface area (Å²) in [7, 11) is 0. The molecule has 0 spiro atoms. The van der Waals surface area contributed by atoms with Crippen LogP contribution >= 0.6 is 0 Å². The molecule has 0 bridgehead atoms. The summed E-state index contributed by atoms with van der Waals surface area (Å²) in [5, 5.41) is 3.66. The molecule has 0 amide bonds. The van der Waals surface area contributed by atoms with Crippen molar-refractivity contribution in [2.24, 2.45) is 5.41 Å². The minimum atomic E-state index is 0.220. The molecule has 2 nitrogen and oxygen atoms in total. The van der Waals surface area contributed by atoms with Gasteiger partial charge >= 0.3 is 0 Å². The minimum absolute atomic E-state index is 0.220. The van der Waals surface area contributed by atoms with E-state index in [9.17, 15) is 0 Å². The standard InChI is InChI=1S/C16H34N2/c1-8-14-10-9-13(2)18(14)12-16(6,7)11-17-15(3,4)5/h13-14,17H,8-12H2,1-7H3. The van der Waals surface area contributed by atoms with Gasteiger partial charge in [-0.15, -0.1) is 0 Å². The molecular weight excluding hydrogens is 220 g/mol. The topological polar surface area (TPSA) is 15.3 Å². The third-order valence-electron chi connectivity index (χ3n) is 4.13. The second kappa shape index (κ2) is 5.92. The van der Waals surface area contributed by atoms with E-state index in [-0.39, 0.29) is 5.54 Å². The third-order valence-corrected chi connectivity index (χ3v) is 4.13. The minimum Gasteiger partial charge on any atom is -0.311 e. The lowest BCUT2D eigenvalue weighted by Crippen LogP contribution is -2.48. The van der Waals surface area contributed by atoms with Crippen LogP contribution in [0.1, 0.15) is 67.7 Å². The zero-order valence-corrected chi connectivity index (χ0v) is 13.6. The van der Waals surface area contributed by atoms with Crippen molar-refractivity contribution in [3.05, 3.63) is 0 Å². The fourth-order valence-corrected chi connectivity index (χ4v) is 2.90. The quantitative estimate of drug-likeness (QED) is 0.805. The smallest absolute Gasteiger partial charge is 0.00967 e. The number of hydrogen-bond acceptors (Lipinski definition) is 2. The van der Waals surface area contributed by atoms with Crippen LogP contribution in [0.5, 0.6) is 0 Å². The predicted molar refractivity (Wildman–Crippen MR) is 81.0 cm³/mol. The summed E-state index contributed by atoms with van der Waals surface area (Å²) < 4.78 is 0. The fourth-order valence-electron chi connectivity index (χ4n) is 2.90. The lowest BCUT2D eigenvalue weighted by atomic mass is 9.90. The van der Waals surface area contributed by atoms with Crippen LogP contribution in [0.2, 0.25) is 0 Å². The summed E-state index contributed by atoms with van der Waals surface area (Å²) in [6.45, 7) is 18.6. The van der Waals surface area contributed by atoms with Crippen LogP contribution in [-0.2, 0) is 0 Å². The summed E-state index contributed by atoms with van der Waals surface area (Å²) in [6.07, 6.45) is 4.06. The Morgan fingerprint density at radius 2 is 1.72 bits per heavy atom. The summed E-state index contributed by atoms with van der Waals surface area (Å²) in [5.41, 5.74) is 0.567. The van der Waals surface area contributed by atoms with Gasteiger partial charge in [-0.2, -0.15) is 0 Å². The van der Waals surface area contributed by atoms with Gasteiger partial charge in [0.15, 0.2) is 0 Å². The molecule has 18 heavy (non-hydrogen) atoms. The molecule has 1 N–H and O–H groups in total. The van der Waals surface area contributed by atoms with Gasteiger partial charge in [0.2, 0.25) is 0 Å². The number of nitrogens with one attached hydrogen (secondary N) is 1. The van der Waals surface area contributed by atoms with Crippen molar-refractivity contribution in [1.29, 1.82) is 0 Å². The Kier molecular flexibility index (Phi) is 5.25. The Morgan fingerprint density at radius 1 is 1.11 bits per heavy atom. The highest BCUT2D eigenvalue weighted by atomic mass is 15.2. The number of likely N-dealkylation sites (tertiary alicyclic amines) is 1. The number of nitrogens with zero attached hydrogens (tertiary/aromatic N) is 1. The van der Waals surface area contributed by atoms with Crippen LogP contribution < -0.4 is 5.32 Å². The highest BCUT2D eigenvalue weighted by Gasteiger charge is 2.33. The normalized spacial score (nSPS) is 26.8. The SMILES string of the molecule is CCC1CCC(C)N1CC(C)(C)CNC(C)(C)C.